The molecule has 6 heteroatoms. The summed E-state index contributed by atoms with van der Waals surface area (Å²) in [6, 6.07) is 9.13. The molecule has 0 bridgehead atoms. The van der Waals surface area contributed by atoms with Crippen molar-refractivity contribution in [1.29, 1.82) is 0 Å². The third-order valence-corrected chi connectivity index (χ3v) is 3.89. The van der Waals surface area contributed by atoms with Gasteiger partial charge < -0.3 is 4.57 Å². The lowest BCUT2D eigenvalue weighted by atomic mass is 10.3. The molecule has 19 heavy (non-hydrogen) atoms. The van der Waals surface area contributed by atoms with Crippen LogP contribution >= 0.6 is 11.3 Å². The molecule has 0 N–H and O–H groups in total. The summed E-state index contributed by atoms with van der Waals surface area (Å²) in [4.78, 5) is 28.1. The quantitative estimate of drug-likeness (QED) is 0.705. The van der Waals surface area contributed by atoms with Crippen LogP contribution in [0.25, 0.3) is 10.2 Å². The predicted molar refractivity (Wildman–Crippen MR) is 74.7 cm³/mol. The molecular weight excluding hydrogens is 262 g/mol. The van der Waals surface area contributed by atoms with Crippen molar-refractivity contribution < 1.29 is 0 Å². The number of thiazole rings is 1. The first kappa shape index (κ1) is 11.9. The molecule has 3 aromatic rings. The van der Waals surface area contributed by atoms with Gasteiger partial charge in [-0.2, -0.15) is 0 Å². The minimum absolute atomic E-state index is 0.214. The zero-order valence-electron chi connectivity index (χ0n) is 10.2. The van der Waals surface area contributed by atoms with Crippen molar-refractivity contribution in [2.75, 3.05) is 0 Å². The highest BCUT2D eigenvalue weighted by molar-refractivity contribution is 7.18. The smallest absolute Gasteiger partial charge is 0.303 e. The van der Waals surface area contributed by atoms with Crippen molar-refractivity contribution in [3.8, 4) is 0 Å². The van der Waals surface area contributed by atoms with Gasteiger partial charge in [0, 0.05) is 19.3 Å². The Morgan fingerprint density at radius 2 is 2.00 bits per heavy atom. The number of hydrogen-bond acceptors (Lipinski definition) is 4. The summed E-state index contributed by atoms with van der Waals surface area (Å²) in [5.74, 6) is 0. The van der Waals surface area contributed by atoms with Gasteiger partial charge in [0.05, 0.1) is 16.8 Å². The number of hydrogen-bond donors (Lipinski definition) is 0. The third kappa shape index (κ3) is 2.10. The van der Waals surface area contributed by atoms with E-state index >= 15 is 0 Å². The first-order chi connectivity index (χ1) is 9.15. The zero-order valence-corrected chi connectivity index (χ0v) is 11.1. The Kier molecular flexibility index (Phi) is 2.79. The van der Waals surface area contributed by atoms with Crippen LogP contribution in [-0.4, -0.2) is 14.1 Å². The minimum Gasteiger partial charge on any atom is -0.303 e. The molecule has 0 amide bonds. The normalized spacial score (nSPS) is 11.0. The van der Waals surface area contributed by atoms with Gasteiger partial charge in [-0.3, -0.25) is 9.36 Å². The van der Waals surface area contributed by atoms with Crippen molar-refractivity contribution in [3.05, 3.63) is 62.4 Å². The molecule has 3 rings (SSSR count). The molecule has 96 valence electrons. The number of aryl methyl sites for hydroxylation is 1. The van der Waals surface area contributed by atoms with Gasteiger partial charge in [0.1, 0.15) is 5.01 Å². The van der Waals surface area contributed by atoms with Gasteiger partial charge in [-0.05, 0) is 12.1 Å². The minimum atomic E-state index is -0.327. The summed E-state index contributed by atoms with van der Waals surface area (Å²) in [5, 5.41) is 0.756. The number of nitrogens with zero attached hydrogens (tertiary/aromatic N) is 3. The molecule has 0 unspecified atom stereocenters. The molecule has 0 aliphatic heterocycles. The summed E-state index contributed by atoms with van der Waals surface area (Å²) < 4.78 is 3.63. The lowest BCUT2D eigenvalue weighted by Gasteiger charge is -2.03. The first-order valence-electron chi connectivity index (χ1n) is 5.76. The highest BCUT2D eigenvalue weighted by Crippen LogP contribution is 2.21. The van der Waals surface area contributed by atoms with Gasteiger partial charge in [0.2, 0.25) is 0 Å². The number of aromatic nitrogens is 3. The van der Waals surface area contributed by atoms with Gasteiger partial charge >= 0.3 is 5.69 Å². The largest absolute Gasteiger partial charge is 0.331 e. The molecule has 1 aromatic carbocycles. The number of fused-ring (bicyclic) bond motifs is 1. The van der Waals surface area contributed by atoms with Crippen LogP contribution in [0.2, 0.25) is 0 Å². The second-order valence-electron chi connectivity index (χ2n) is 4.21. The predicted octanol–water partition coefficient (Wildman–Crippen LogP) is 1.20. The Morgan fingerprint density at radius 3 is 2.79 bits per heavy atom. The Morgan fingerprint density at radius 1 is 1.21 bits per heavy atom. The van der Waals surface area contributed by atoms with Gasteiger partial charge in [-0.25, -0.2) is 9.78 Å². The average molecular weight is 273 g/mol. The standard InChI is InChI=1S/C13H11N3O2S/c1-15-7-6-12(17)16(13(15)18)8-11-14-9-4-2-3-5-10(9)19-11/h2-7H,8H2,1H3. The molecule has 2 aromatic heterocycles. The van der Waals surface area contributed by atoms with Crippen LogP contribution in [0.5, 0.6) is 0 Å². The maximum atomic E-state index is 11.9. The second-order valence-corrected chi connectivity index (χ2v) is 5.32. The Hall–Kier alpha value is -2.21. The average Bonchev–Trinajstić information content (AvgIpc) is 2.81. The fraction of sp³-hybridized carbons (Fsp3) is 0.154. The van der Waals surface area contributed by atoms with E-state index in [9.17, 15) is 9.59 Å². The summed E-state index contributed by atoms with van der Waals surface area (Å²) in [6.07, 6.45) is 1.47. The van der Waals surface area contributed by atoms with E-state index in [1.807, 2.05) is 24.3 Å². The van der Waals surface area contributed by atoms with E-state index in [-0.39, 0.29) is 17.8 Å². The van der Waals surface area contributed by atoms with Crippen LogP contribution in [0.4, 0.5) is 0 Å². The monoisotopic (exact) mass is 273 g/mol. The van der Waals surface area contributed by atoms with Crippen molar-refractivity contribution in [3.63, 3.8) is 0 Å². The Bertz CT molecular complexity index is 827. The molecule has 0 radical (unpaired) electrons. The molecule has 0 spiro atoms. The molecular formula is C13H11N3O2S. The van der Waals surface area contributed by atoms with Crippen molar-refractivity contribution in [2.24, 2.45) is 7.05 Å². The molecule has 0 atom stereocenters. The number of rotatable bonds is 2. The van der Waals surface area contributed by atoms with E-state index in [0.717, 1.165) is 15.2 Å². The SMILES string of the molecule is Cn1ccc(=O)n(Cc2nc3ccccc3s2)c1=O. The van der Waals surface area contributed by atoms with Crippen LogP contribution in [0.1, 0.15) is 5.01 Å². The van der Waals surface area contributed by atoms with Crippen LogP contribution in [0.15, 0.2) is 46.1 Å². The van der Waals surface area contributed by atoms with E-state index in [2.05, 4.69) is 4.98 Å². The fourth-order valence-electron chi connectivity index (χ4n) is 1.88. The van der Waals surface area contributed by atoms with E-state index in [0.29, 0.717) is 0 Å². The lowest BCUT2D eigenvalue weighted by Crippen LogP contribution is -2.38. The van der Waals surface area contributed by atoms with Crippen LogP contribution in [0, 0.1) is 0 Å². The molecule has 0 saturated carbocycles. The number of benzene rings is 1. The maximum Gasteiger partial charge on any atom is 0.331 e. The summed E-state index contributed by atoms with van der Waals surface area (Å²) >= 11 is 1.50. The Balaban J connectivity index is 2.08. The van der Waals surface area contributed by atoms with Gasteiger partial charge in [0.15, 0.2) is 0 Å². The summed E-state index contributed by atoms with van der Waals surface area (Å²) in [6.45, 7) is 0.214. The van der Waals surface area contributed by atoms with Crippen molar-refractivity contribution in [2.45, 2.75) is 6.54 Å². The van der Waals surface area contributed by atoms with E-state index in [4.69, 9.17) is 0 Å². The highest BCUT2D eigenvalue weighted by atomic mass is 32.1. The van der Waals surface area contributed by atoms with Gasteiger partial charge in [-0.15, -0.1) is 11.3 Å². The molecule has 0 aliphatic carbocycles. The number of para-hydroxylation sites is 1. The maximum absolute atomic E-state index is 11.9. The molecule has 0 aliphatic rings. The second kappa shape index (κ2) is 4.47. The van der Waals surface area contributed by atoms with Crippen LogP contribution in [-0.2, 0) is 13.6 Å². The van der Waals surface area contributed by atoms with Crippen LogP contribution < -0.4 is 11.2 Å². The third-order valence-electron chi connectivity index (χ3n) is 2.87. The fourth-order valence-corrected chi connectivity index (χ4v) is 2.84. The molecule has 5 nitrogen and oxygen atoms in total. The lowest BCUT2D eigenvalue weighted by molar-refractivity contribution is 0.638. The van der Waals surface area contributed by atoms with E-state index in [1.165, 1.54) is 32.7 Å². The highest BCUT2D eigenvalue weighted by Gasteiger charge is 2.08. The van der Waals surface area contributed by atoms with E-state index < -0.39 is 0 Å². The summed E-state index contributed by atoms with van der Waals surface area (Å²) in [5.41, 5.74) is 0.261. The molecule has 2 heterocycles. The summed E-state index contributed by atoms with van der Waals surface area (Å²) in [7, 11) is 1.62. The zero-order chi connectivity index (χ0) is 13.4. The first-order valence-corrected chi connectivity index (χ1v) is 6.58. The van der Waals surface area contributed by atoms with Gasteiger partial charge in [-0.1, -0.05) is 12.1 Å². The van der Waals surface area contributed by atoms with Crippen LogP contribution in [0.3, 0.4) is 0 Å². The molecule has 0 fully saturated rings. The van der Waals surface area contributed by atoms with E-state index in [1.54, 1.807) is 7.05 Å². The van der Waals surface area contributed by atoms with Crippen molar-refractivity contribution >= 4 is 21.6 Å². The van der Waals surface area contributed by atoms with Crippen molar-refractivity contribution in [1.82, 2.24) is 14.1 Å². The molecule has 0 saturated heterocycles. The van der Waals surface area contributed by atoms with Gasteiger partial charge in [0.25, 0.3) is 5.56 Å². The topological polar surface area (TPSA) is 56.9 Å². The Labute approximate surface area is 112 Å².